The molecule has 0 spiro atoms. The zero-order chi connectivity index (χ0) is 21.4. The Balaban J connectivity index is 1.17. The average Bonchev–Trinajstić information content (AvgIpc) is 3.35. The van der Waals surface area contributed by atoms with Gasteiger partial charge >= 0.3 is 0 Å². The largest absolute Gasteiger partial charge is 0.339 e. The normalized spacial score (nSPS) is 17.3. The number of fused-ring (bicyclic) bond motifs is 3. The smallest absolute Gasteiger partial charge is 0.260 e. The standard InChI is InChI=1S/C21H23ClN4O2S3/c22-16-6-5-13(30-16)11-25-7-9-26(10-8-25)17(27)12-29-21-23-19(28)18-14-3-1-2-4-15(14)31-20(18)24-21/h5-6H,1-4,7-12H2,(H,23,24,28). The summed E-state index contributed by atoms with van der Waals surface area (Å²) in [5.74, 6) is 0.386. The quantitative estimate of drug-likeness (QED) is 0.428. The second-order valence-corrected chi connectivity index (χ2v) is 11.8. The molecule has 164 valence electrons. The van der Waals surface area contributed by atoms with Gasteiger partial charge in [-0.05, 0) is 43.4 Å². The van der Waals surface area contributed by atoms with Gasteiger partial charge in [-0.25, -0.2) is 4.98 Å². The van der Waals surface area contributed by atoms with Crippen molar-refractivity contribution >= 4 is 62.2 Å². The van der Waals surface area contributed by atoms with Crippen molar-refractivity contribution in [1.82, 2.24) is 19.8 Å². The molecule has 0 unspecified atom stereocenters. The summed E-state index contributed by atoms with van der Waals surface area (Å²) in [6, 6.07) is 4.00. The van der Waals surface area contributed by atoms with E-state index in [-0.39, 0.29) is 11.5 Å². The topological polar surface area (TPSA) is 69.3 Å². The molecule has 1 aliphatic carbocycles. The number of halogens is 1. The first-order chi connectivity index (χ1) is 15.1. The van der Waals surface area contributed by atoms with Gasteiger partial charge in [0.05, 0.1) is 15.5 Å². The van der Waals surface area contributed by atoms with Crippen LogP contribution in [0.15, 0.2) is 22.1 Å². The van der Waals surface area contributed by atoms with E-state index in [4.69, 9.17) is 11.6 Å². The number of aromatic nitrogens is 2. The lowest BCUT2D eigenvalue weighted by Gasteiger charge is -2.34. The third-order valence-electron chi connectivity index (χ3n) is 5.87. The number of thioether (sulfide) groups is 1. The van der Waals surface area contributed by atoms with Gasteiger partial charge in [0.1, 0.15) is 4.83 Å². The summed E-state index contributed by atoms with van der Waals surface area (Å²) in [5.41, 5.74) is 1.12. The number of hydrogen-bond acceptors (Lipinski definition) is 7. The molecule has 1 saturated heterocycles. The Morgan fingerprint density at radius 2 is 1.97 bits per heavy atom. The Bertz CT molecular complexity index is 1160. The van der Waals surface area contributed by atoms with Crippen molar-refractivity contribution in [3.8, 4) is 0 Å². The fourth-order valence-corrected chi connectivity index (χ4v) is 7.46. The van der Waals surface area contributed by atoms with E-state index in [9.17, 15) is 9.59 Å². The van der Waals surface area contributed by atoms with Gasteiger partial charge in [0, 0.05) is 42.5 Å². The molecule has 3 aromatic rings. The van der Waals surface area contributed by atoms with E-state index < -0.39 is 0 Å². The van der Waals surface area contributed by atoms with Crippen LogP contribution >= 0.6 is 46.0 Å². The maximum atomic E-state index is 12.7. The molecule has 1 amide bonds. The van der Waals surface area contributed by atoms with Crippen molar-refractivity contribution in [2.24, 2.45) is 0 Å². The lowest BCUT2D eigenvalue weighted by molar-refractivity contribution is -0.130. The van der Waals surface area contributed by atoms with Gasteiger partial charge in [-0.3, -0.25) is 14.5 Å². The fraction of sp³-hybridized carbons (Fsp3) is 0.476. The van der Waals surface area contributed by atoms with E-state index >= 15 is 0 Å². The highest BCUT2D eigenvalue weighted by molar-refractivity contribution is 7.99. The van der Waals surface area contributed by atoms with Gasteiger partial charge in [0.2, 0.25) is 5.91 Å². The van der Waals surface area contributed by atoms with Crippen molar-refractivity contribution in [2.45, 2.75) is 37.4 Å². The first-order valence-electron chi connectivity index (χ1n) is 10.5. The van der Waals surface area contributed by atoms with Crippen LogP contribution in [-0.4, -0.2) is 57.6 Å². The Morgan fingerprint density at radius 1 is 1.16 bits per heavy atom. The molecule has 0 atom stereocenters. The van der Waals surface area contributed by atoms with Crippen LogP contribution in [0.4, 0.5) is 0 Å². The number of rotatable bonds is 5. The highest BCUT2D eigenvalue weighted by Gasteiger charge is 2.23. The third-order valence-corrected chi connectivity index (χ3v) is 9.13. The molecule has 0 bridgehead atoms. The molecule has 0 aromatic carbocycles. The van der Waals surface area contributed by atoms with Gasteiger partial charge in [-0.2, -0.15) is 0 Å². The van der Waals surface area contributed by atoms with Crippen LogP contribution < -0.4 is 5.56 Å². The highest BCUT2D eigenvalue weighted by atomic mass is 35.5. The molecule has 1 aliphatic heterocycles. The maximum absolute atomic E-state index is 12.7. The van der Waals surface area contributed by atoms with E-state index in [1.807, 2.05) is 11.0 Å². The molecule has 3 aromatic heterocycles. The van der Waals surface area contributed by atoms with Crippen LogP contribution in [0.2, 0.25) is 4.34 Å². The van der Waals surface area contributed by atoms with Crippen LogP contribution in [0.1, 0.15) is 28.2 Å². The molecule has 31 heavy (non-hydrogen) atoms. The Labute approximate surface area is 197 Å². The van der Waals surface area contributed by atoms with Crippen molar-refractivity contribution < 1.29 is 4.79 Å². The van der Waals surface area contributed by atoms with Crippen molar-refractivity contribution in [1.29, 1.82) is 0 Å². The van der Waals surface area contributed by atoms with E-state index in [0.29, 0.717) is 10.9 Å². The zero-order valence-corrected chi connectivity index (χ0v) is 20.2. The maximum Gasteiger partial charge on any atom is 0.260 e. The monoisotopic (exact) mass is 494 g/mol. The number of aryl methyl sites for hydroxylation is 2. The van der Waals surface area contributed by atoms with Gasteiger partial charge < -0.3 is 9.88 Å². The van der Waals surface area contributed by atoms with Crippen molar-refractivity contribution in [3.05, 3.63) is 42.1 Å². The minimum absolute atomic E-state index is 0.0679. The van der Waals surface area contributed by atoms with Gasteiger partial charge in [0.25, 0.3) is 5.56 Å². The summed E-state index contributed by atoms with van der Waals surface area (Å²) in [4.78, 5) is 40.5. The lowest BCUT2D eigenvalue weighted by atomic mass is 9.97. The number of thiophene rings is 2. The molecule has 10 heteroatoms. The van der Waals surface area contributed by atoms with E-state index in [2.05, 4.69) is 20.9 Å². The van der Waals surface area contributed by atoms with Crippen molar-refractivity contribution in [3.63, 3.8) is 0 Å². The number of carbonyl (C=O) groups excluding carboxylic acids is 1. The average molecular weight is 495 g/mol. The van der Waals surface area contributed by atoms with Gasteiger partial charge in [-0.1, -0.05) is 23.4 Å². The Morgan fingerprint density at radius 3 is 2.74 bits per heavy atom. The number of aromatic amines is 1. The molecule has 5 rings (SSSR count). The Kier molecular flexibility index (Phi) is 6.39. The predicted molar refractivity (Wildman–Crippen MR) is 129 cm³/mol. The first-order valence-corrected chi connectivity index (χ1v) is 13.5. The van der Waals surface area contributed by atoms with Gasteiger partial charge in [-0.15, -0.1) is 22.7 Å². The summed E-state index contributed by atoms with van der Waals surface area (Å²) in [6.45, 7) is 4.03. The number of H-pyrrole nitrogens is 1. The van der Waals surface area contributed by atoms with E-state index in [1.54, 1.807) is 22.7 Å². The SMILES string of the molecule is O=C(CSc1nc2sc3c(c2c(=O)[nH]1)CCCC3)N1CCN(Cc2ccc(Cl)s2)CC1. The number of nitrogens with zero attached hydrogens (tertiary/aromatic N) is 3. The molecule has 1 fully saturated rings. The van der Waals surface area contributed by atoms with Crippen LogP contribution in [0, 0.1) is 0 Å². The number of piperazine rings is 1. The second-order valence-electron chi connectivity index (χ2n) is 7.91. The first kappa shape index (κ1) is 21.5. The molecule has 2 aliphatic rings. The second kappa shape index (κ2) is 9.23. The highest BCUT2D eigenvalue weighted by Crippen LogP contribution is 2.34. The molecule has 4 heterocycles. The van der Waals surface area contributed by atoms with E-state index in [0.717, 1.165) is 66.5 Å². The minimum Gasteiger partial charge on any atom is -0.339 e. The summed E-state index contributed by atoms with van der Waals surface area (Å²) >= 11 is 10.6. The van der Waals surface area contributed by atoms with Gasteiger partial charge in [0.15, 0.2) is 5.16 Å². The predicted octanol–water partition coefficient (Wildman–Crippen LogP) is 4.01. The molecule has 0 radical (unpaired) electrons. The summed E-state index contributed by atoms with van der Waals surface area (Å²) in [7, 11) is 0. The molecule has 1 N–H and O–H groups in total. The lowest BCUT2D eigenvalue weighted by Crippen LogP contribution is -2.48. The number of amides is 1. The number of nitrogens with one attached hydrogen (secondary N) is 1. The summed E-state index contributed by atoms with van der Waals surface area (Å²) in [6.07, 6.45) is 4.33. The molecule has 6 nitrogen and oxygen atoms in total. The van der Waals surface area contributed by atoms with Crippen LogP contribution in [-0.2, 0) is 24.2 Å². The summed E-state index contributed by atoms with van der Waals surface area (Å²) < 4.78 is 0.813. The Hall–Kier alpha value is -1.39. The molecular weight excluding hydrogens is 472 g/mol. The third kappa shape index (κ3) is 4.71. The number of carbonyl (C=O) groups is 1. The molecule has 0 saturated carbocycles. The summed E-state index contributed by atoms with van der Waals surface area (Å²) in [5, 5.41) is 1.30. The van der Waals surface area contributed by atoms with Crippen LogP contribution in [0.25, 0.3) is 10.2 Å². The fourth-order valence-electron chi connectivity index (χ4n) is 4.25. The minimum atomic E-state index is -0.0679. The van der Waals surface area contributed by atoms with Crippen LogP contribution in [0.5, 0.6) is 0 Å². The van der Waals surface area contributed by atoms with Crippen molar-refractivity contribution in [2.75, 3.05) is 31.9 Å². The number of hydrogen-bond donors (Lipinski definition) is 1. The van der Waals surface area contributed by atoms with Crippen LogP contribution in [0.3, 0.4) is 0 Å². The molecular formula is C21H23ClN4O2S3. The zero-order valence-electron chi connectivity index (χ0n) is 17.0. The van der Waals surface area contributed by atoms with E-state index in [1.165, 1.54) is 33.5 Å².